The number of nitrogens with two attached hydrogens (primary N) is 1. The van der Waals surface area contributed by atoms with E-state index < -0.39 is 0 Å². The zero-order valence-corrected chi connectivity index (χ0v) is 12.3. The SMILES string of the molecule is Cc1nn(C)c(CC(Cc2ccc(F)cc2)NN)c1Cl. The molecule has 0 aliphatic heterocycles. The Morgan fingerprint density at radius 3 is 2.50 bits per heavy atom. The van der Waals surface area contributed by atoms with Crippen LogP contribution in [-0.2, 0) is 19.9 Å². The molecule has 108 valence electrons. The molecule has 0 amide bonds. The Bertz CT molecular complexity index is 580. The Labute approximate surface area is 122 Å². The standard InChI is InChI=1S/C14H18ClFN4/c1-9-14(15)13(20(2)19-9)8-12(18-17)7-10-3-5-11(16)6-4-10/h3-6,12,18H,7-8,17H2,1-2H3. The van der Waals surface area contributed by atoms with E-state index in [2.05, 4.69) is 10.5 Å². The molecule has 0 saturated carbocycles. The Kier molecular flexibility index (Phi) is 4.75. The molecule has 0 bridgehead atoms. The minimum absolute atomic E-state index is 0.00719. The van der Waals surface area contributed by atoms with Gasteiger partial charge in [-0.3, -0.25) is 16.0 Å². The highest BCUT2D eigenvalue weighted by atomic mass is 35.5. The summed E-state index contributed by atoms with van der Waals surface area (Å²) in [5.41, 5.74) is 5.55. The van der Waals surface area contributed by atoms with Gasteiger partial charge in [-0.15, -0.1) is 0 Å². The van der Waals surface area contributed by atoms with Crippen LogP contribution < -0.4 is 11.3 Å². The molecule has 2 rings (SSSR count). The molecule has 0 radical (unpaired) electrons. The first kappa shape index (κ1) is 15.0. The van der Waals surface area contributed by atoms with Gasteiger partial charge in [0.05, 0.1) is 16.4 Å². The minimum Gasteiger partial charge on any atom is -0.271 e. The van der Waals surface area contributed by atoms with Gasteiger partial charge in [0.15, 0.2) is 0 Å². The summed E-state index contributed by atoms with van der Waals surface area (Å²) in [6.07, 6.45) is 1.35. The lowest BCUT2D eigenvalue weighted by Gasteiger charge is -2.16. The maximum absolute atomic E-state index is 12.9. The van der Waals surface area contributed by atoms with Gasteiger partial charge in [0, 0.05) is 19.5 Å². The molecule has 3 N–H and O–H groups in total. The number of nitrogens with zero attached hydrogens (tertiary/aromatic N) is 2. The van der Waals surface area contributed by atoms with Gasteiger partial charge in [-0.2, -0.15) is 5.10 Å². The fourth-order valence-electron chi connectivity index (χ4n) is 2.23. The third-order valence-electron chi connectivity index (χ3n) is 3.33. The van der Waals surface area contributed by atoms with Crippen molar-refractivity contribution >= 4 is 11.6 Å². The highest BCUT2D eigenvalue weighted by molar-refractivity contribution is 6.31. The van der Waals surface area contributed by atoms with Crippen LogP contribution in [0.1, 0.15) is 17.0 Å². The van der Waals surface area contributed by atoms with Gasteiger partial charge in [-0.25, -0.2) is 4.39 Å². The zero-order chi connectivity index (χ0) is 14.7. The third kappa shape index (κ3) is 3.36. The largest absolute Gasteiger partial charge is 0.271 e. The van der Waals surface area contributed by atoms with Gasteiger partial charge >= 0.3 is 0 Å². The molecule has 0 spiro atoms. The summed E-state index contributed by atoms with van der Waals surface area (Å²) in [5, 5.41) is 4.96. The van der Waals surface area contributed by atoms with Gasteiger partial charge in [0.2, 0.25) is 0 Å². The molecule has 0 fully saturated rings. The van der Waals surface area contributed by atoms with E-state index in [0.717, 1.165) is 17.0 Å². The van der Waals surface area contributed by atoms with E-state index in [4.69, 9.17) is 17.4 Å². The Morgan fingerprint density at radius 1 is 1.35 bits per heavy atom. The molecule has 4 nitrogen and oxygen atoms in total. The molecule has 0 saturated heterocycles. The first-order valence-electron chi connectivity index (χ1n) is 6.39. The van der Waals surface area contributed by atoms with Crippen LogP contribution in [0.4, 0.5) is 4.39 Å². The number of nitrogens with one attached hydrogen (secondary N) is 1. The first-order valence-corrected chi connectivity index (χ1v) is 6.77. The van der Waals surface area contributed by atoms with E-state index >= 15 is 0 Å². The van der Waals surface area contributed by atoms with Gasteiger partial charge in [0.25, 0.3) is 0 Å². The molecule has 6 heteroatoms. The molecular weight excluding hydrogens is 279 g/mol. The minimum atomic E-state index is -0.240. The van der Waals surface area contributed by atoms with Crippen LogP contribution >= 0.6 is 11.6 Å². The van der Waals surface area contributed by atoms with Crippen molar-refractivity contribution in [3.63, 3.8) is 0 Å². The van der Waals surface area contributed by atoms with Gasteiger partial charge < -0.3 is 0 Å². The van der Waals surface area contributed by atoms with E-state index in [0.29, 0.717) is 17.9 Å². The maximum atomic E-state index is 12.9. The van der Waals surface area contributed by atoms with Gasteiger partial charge in [0.1, 0.15) is 5.82 Å². The molecule has 20 heavy (non-hydrogen) atoms. The molecule has 1 heterocycles. The summed E-state index contributed by atoms with van der Waals surface area (Å²) >= 11 is 6.24. The van der Waals surface area contributed by atoms with E-state index in [9.17, 15) is 4.39 Å². The predicted octanol–water partition coefficient (Wildman–Crippen LogP) is 2.14. The first-order chi connectivity index (χ1) is 9.51. The van der Waals surface area contributed by atoms with E-state index in [1.54, 1.807) is 16.8 Å². The average molecular weight is 297 g/mol. The second-order valence-electron chi connectivity index (χ2n) is 4.87. The third-order valence-corrected chi connectivity index (χ3v) is 3.82. The number of hydrogen-bond acceptors (Lipinski definition) is 3. The zero-order valence-electron chi connectivity index (χ0n) is 11.5. The Hall–Kier alpha value is -1.43. The number of halogens is 2. The predicted molar refractivity (Wildman–Crippen MR) is 77.9 cm³/mol. The number of hydrogen-bond donors (Lipinski definition) is 2. The van der Waals surface area contributed by atoms with Crippen LogP contribution in [0.15, 0.2) is 24.3 Å². The van der Waals surface area contributed by atoms with Crippen molar-refractivity contribution in [3.05, 3.63) is 52.1 Å². The molecule has 0 aliphatic rings. The Balaban J connectivity index is 2.11. The quantitative estimate of drug-likeness (QED) is 0.656. The lowest BCUT2D eigenvalue weighted by Crippen LogP contribution is -2.39. The fraction of sp³-hybridized carbons (Fsp3) is 0.357. The van der Waals surface area contributed by atoms with Gasteiger partial charge in [-0.05, 0) is 31.0 Å². The molecular formula is C14H18ClFN4. The molecule has 1 unspecified atom stereocenters. The summed E-state index contributed by atoms with van der Waals surface area (Å²) in [6.45, 7) is 1.87. The molecule has 1 atom stereocenters. The number of benzene rings is 1. The van der Waals surface area contributed by atoms with Crippen LogP contribution in [0, 0.1) is 12.7 Å². The van der Waals surface area contributed by atoms with Crippen molar-refractivity contribution in [2.45, 2.75) is 25.8 Å². The molecule has 0 aliphatic carbocycles. The van der Waals surface area contributed by atoms with E-state index in [-0.39, 0.29) is 11.9 Å². The summed E-state index contributed by atoms with van der Waals surface area (Å²) in [7, 11) is 1.86. The Morgan fingerprint density at radius 2 is 2.00 bits per heavy atom. The number of aryl methyl sites for hydroxylation is 2. The second kappa shape index (κ2) is 6.35. The lowest BCUT2D eigenvalue weighted by atomic mass is 10.0. The normalized spacial score (nSPS) is 12.7. The van der Waals surface area contributed by atoms with Crippen molar-refractivity contribution in [1.29, 1.82) is 0 Å². The molecule has 1 aromatic heterocycles. The molecule has 2 aromatic rings. The van der Waals surface area contributed by atoms with Crippen molar-refractivity contribution in [1.82, 2.24) is 15.2 Å². The highest BCUT2D eigenvalue weighted by Gasteiger charge is 2.16. The second-order valence-corrected chi connectivity index (χ2v) is 5.25. The van der Waals surface area contributed by atoms with E-state index in [1.807, 2.05) is 14.0 Å². The fourth-order valence-corrected chi connectivity index (χ4v) is 2.47. The number of hydrazine groups is 1. The van der Waals surface area contributed by atoms with Crippen molar-refractivity contribution < 1.29 is 4.39 Å². The summed E-state index contributed by atoms with van der Waals surface area (Å²) < 4.78 is 14.7. The molecule has 1 aromatic carbocycles. The smallest absolute Gasteiger partial charge is 0.123 e. The van der Waals surface area contributed by atoms with Crippen LogP contribution in [0.25, 0.3) is 0 Å². The monoisotopic (exact) mass is 296 g/mol. The van der Waals surface area contributed by atoms with E-state index in [1.165, 1.54) is 12.1 Å². The topological polar surface area (TPSA) is 55.9 Å². The number of aromatic nitrogens is 2. The summed E-state index contributed by atoms with van der Waals surface area (Å²) in [4.78, 5) is 0. The maximum Gasteiger partial charge on any atom is 0.123 e. The average Bonchev–Trinajstić information content (AvgIpc) is 2.66. The van der Waals surface area contributed by atoms with Crippen LogP contribution in [0.3, 0.4) is 0 Å². The lowest BCUT2D eigenvalue weighted by molar-refractivity contribution is 0.504. The summed E-state index contributed by atoms with van der Waals surface area (Å²) in [5.74, 6) is 5.37. The summed E-state index contributed by atoms with van der Waals surface area (Å²) in [6, 6.07) is 6.42. The van der Waals surface area contributed by atoms with Crippen molar-refractivity contribution in [2.75, 3.05) is 0 Å². The van der Waals surface area contributed by atoms with Crippen molar-refractivity contribution in [2.24, 2.45) is 12.9 Å². The van der Waals surface area contributed by atoms with Crippen LogP contribution in [-0.4, -0.2) is 15.8 Å². The van der Waals surface area contributed by atoms with Crippen LogP contribution in [0.2, 0.25) is 5.02 Å². The highest BCUT2D eigenvalue weighted by Crippen LogP contribution is 2.21. The van der Waals surface area contributed by atoms with Gasteiger partial charge in [-0.1, -0.05) is 23.7 Å². The van der Waals surface area contributed by atoms with Crippen molar-refractivity contribution in [3.8, 4) is 0 Å². The van der Waals surface area contributed by atoms with Crippen LogP contribution in [0.5, 0.6) is 0 Å². The number of rotatable bonds is 5.